The van der Waals surface area contributed by atoms with Crippen LogP contribution >= 0.6 is 0 Å². The molecule has 0 aliphatic carbocycles. The minimum atomic E-state index is -0.432. The molecule has 4 nitrogen and oxygen atoms in total. The van der Waals surface area contributed by atoms with Gasteiger partial charge in [0.1, 0.15) is 24.9 Å². The van der Waals surface area contributed by atoms with Gasteiger partial charge >= 0.3 is 0 Å². The Labute approximate surface area is 71.3 Å². The topological polar surface area (TPSA) is 55.3 Å². The van der Waals surface area contributed by atoms with E-state index in [1.807, 2.05) is 11.6 Å². The monoisotopic (exact) mass is 169 g/mol. The van der Waals surface area contributed by atoms with Crippen LogP contribution in [0.1, 0.15) is 6.42 Å². The van der Waals surface area contributed by atoms with Crippen molar-refractivity contribution in [3.05, 3.63) is 11.3 Å². The number of methoxy groups -OCH3 is 1. The molecule has 0 bridgehead atoms. The molecule has 0 spiro atoms. The number of primary amides is 1. The van der Waals surface area contributed by atoms with Crippen LogP contribution in [0.25, 0.3) is 0 Å². The zero-order valence-electron chi connectivity index (χ0n) is 7.33. The molecular weight excluding hydrogens is 156 g/mol. The summed E-state index contributed by atoms with van der Waals surface area (Å²) in [6.07, 6.45) is 2.45. The first kappa shape index (κ1) is 8.77. The Bertz CT molecular complexity index is 266. The van der Waals surface area contributed by atoms with E-state index in [1.165, 1.54) is 0 Å². The number of hydrogen-bond acceptors (Lipinski definition) is 2. The number of carbonyl (C=O) groups excluding carboxylic acids is 1. The molecular formula is C8H13N2O2+. The van der Waals surface area contributed by atoms with E-state index in [2.05, 4.69) is 0 Å². The second kappa shape index (κ2) is 3.38. The van der Waals surface area contributed by atoms with Gasteiger partial charge in [-0.2, -0.15) is 0 Å². The Kier molecular flexibility index (Phi) is 2.47. The third-order valence-corrected chi connectivity index (χ3v) is 1.85. The molecule has 1 aliphatic heterocycles. The summed E-state index contributed by atoms with van der Waals surface area (Å²) in [5.74, 6) is 0.249. The average molecular weight is 169 g/mol. The molecule has 0 aromatic rings. The SMILES string of the molecule is COC1=C(C(N)=O)C=[N+](C)CC1. The largest absolute Gasteiger partial charge is 0.500 e. The lowest BCUT2D eigenvalue weighted by Gasteiger charge is -2.11. The van der Waals surface area contributed by atoms with Crippen molar-refractivity contribution in [3.63, 3.8) is 0 Å². The second-order valence-electron chi connectivity index (χ2n) is 2.76. The number of hydrogen-bond donors (Lipinski definition) is 1. The fraction of sp³-hybridized carbons (Fsp3) is 0.500. The van der Waals surface area contributed by atoms with E-state index in [9.17, 15) is 4.79 Å². The first-order valence-corrected chi connectivity index (χ1v) is 3.77. The van der Waals surface area contributed by atoms with Gasteiger partial charge in [-0.3, -0.25) is 4.79 Å². The number of ether oxygens (including phenoxy) is 1. The fourth-order valence-corrected chi connectivity index (χ4v) is 1.18. The van der Waals surface area contributed by atoms with Gasteiger partial charge in [0.05, 0.1) is 13.5 Å². The lowest BCUT2D eigenvalue weighted by atomic mass is 10.1. The van der Waals surface area contributed by atoms with E-state index < -0.39 is 5.91 Å². The van der Waals surface area contributed by atoms with Crippen LogP contribution in [-0.2, 0) is 9.53 Å². The fourth-order valence-electron chi connectivity index (χ4n) is 1.18. The minimum absolute atomic E-state index is 0.432. The van der Waals surface area contributed by atoms with Crippen molar-refractivity contribution in [2.24, 2.45) is 5.73 Å². The van der Waals surface area contributed by atoms with Gasteiger partial charge in [0.15, 0.2) is 6.21 Å². The first-order chi connectivity index (χ1) is 5.65. The van der Waals surface area contributed by atoms with Crippen LogP contribution in [0.3, 0.4) is 0 Å². The summed E-state index contributed by atoms with van der Waals surface area (Å²) in [5, 5.41) is 0. The van der Waals surface area contributed by atoms with Gasteiger partial charge in [0.2, 0.25) is 0 Å². The van der Waals surface area contributed by atoms with Crippen LogP contribution < -0.4 is 5.73 Å². The minimum Gasteiger partial charge on any atom is -0.500 e. The van der Waals surface area contributed by atoms with Gasteiger partial charge in [-0.15, -0.1) is 0 Å². The zero-order chi connectivity index (χ0) is 9.14. The first-order valence-electron chi connectivity index (χ1n) is 3.77. The van der Waals surface area contributed by atoms with Gasteiger partial charge in [-0.1, -0.05) is 0 Å². The summed E-state index contributed by atoms with van der Waals surface area (Å²) < 4.78 is 6.95. The highest BCUT2D eigenvalue weighted by atomic mass is 16.5. The summed E-state index contributed by atoms with van der Waals surface area (Å²) in [4.78, 5) is 10.9. The van der Waals surface area contributed by atoms with Crippen LogP contribution in [0.15, 0.2) is 11.3 Å². The lowest BCUT2D eigenvalue weighted by molar-refractivity contribution is -0.493. The molecule has 12 heavy (non-hydrogen) atoms. The van der Waals surface area contributed by atoms with Crippen LogP contribution in [0.2, 0.25) is 0 Å². The molecule has 1 rings (SSSR count). The van der Waals surface area contributed by atoms with Crippen molar-refractivity contribution in [2.75, 3.05) is 20.7 Å². The zero-order valence-corrected chi connectivity index (χ0v) is 7.33. The Hall–Kier alpha value is -1.32. The van der Waals surface area contributed by atoms with Crippen molar-refractivity contribution in [1.82, 2.24) is 0 Å². The van der Waals surface area contributed by atoms with Crippen molar-refractivity contribution < 1.29 is 14.1 Å². The van der Waals surface area contributed by atoms with Crippen molar-refractivity contribution in [3.8, 4) is 0 Å². The van der Waals surface area contributed by atoms with Gasteiger partial charge in [0, 0.05) is 0 Å². The van der Waals surface area contributed by atoms with E-state index >= 15 is 0 Å². The third-order valence-electron chi connectivity index (χ3n) is 1.85. The molecule has 0 saturated heterocycles. The average Bonchev–Trinajstić information content (AvgIpc) is 2.04. The Morgan fingerprint density at radius 3 is 2.92 bits per heavy atom. The summed E-state index contributed by atoms with van der Waals surface area (Å²) in [7, 11) is 3.45. The summed E-state index contributed by atoms with van der Waals surface area (Å²) in [5.41, 5.74) is 5.64. The molecule has 0 unspecified atom stereocenters. The smallest absolute Gasteiger partial charge is 0.258 e. The highest BCUT2D eigenvalue weighted by Crippen LogP contribution is 2.11. The molecule has 66 valence electrons. The summed E-state index contributed by atoms with van der Waals surface area (Å²) >= 11 is 0. The maximum absolute atomic E-state index is 10.9. The summed E-state index contributed by atoms with van der Waals surface area (Å²) in [6, 6.07) is 0. The van der Waals surface area contributed by atoms with Crippen molar-refractivity contribution in [1.29, 1.82) is 0 Å². The molecule has 4 heteroatoms. The van der Waals surface area contributed by atoms with E-state index in [1.54, 1.807) is 13.3 Å². The maximum atomic E-state index is 10.9. The predicted molar refractivity (Wildman–Crippen MR) is 45.0 cm³/mol. The molecule has 0 fully saturated rings. The van der Waals surface area contributed by atoms with E-state index in [0.717, 1.165) is 13.0 Å². The van der Waals surface area contributed by atoms with Crippen molar-refractivity contribution in [2.45, 2.75) is 6.42 Å². The van der Waals surface area contributed by atoms with Crippen LogP contribution in [0.4, 0.5) is 0 Å². The van der Waals surface area contributed by atoms with Gasteiger partial charge in [-0.25, -0.2) is 4.58 Å². The molecule has 0 atom stereocenters. The quantitative estimate of drug-likeness (QED) is 0.566. The standard InChI is InChI=1S/C8H12N2O2/c1-10-4-3-7(12-2)6(5-10)8(9)11/h5H,3-4H2,1-2H3,(H-,9,11)/p+1. The molecule has 0 aromatic heterocycles. The Morgan fingerprint density at radius 1 is 1.75 bits per heavy atom. The number of amides is 1. The van der Waals surface area contributed by atoms with E-state index in [-0.39, 0.29) is 0 Å². The number of rotatable bonds is 2. The molecule has 2 N–H and O–H groups in total. The third kappa shape index (κ3) is 1.64. The van der Waals surface area contributed by atoms with Crippen LogP contribution in [0.5, 0.6) is 0 Å². The molecule has 0 aromatic carbocycles. The molecule has 0 saturated carbocycles. The highest BCUT2D eigenvalue weighted by Gasteiger charge is 2.20. The number of carbonyl (C=O) groups is 1. The lowest BCUT2D eigenvalue weighted by Crippen LogP contribution is -2.26. The van der Waals surface area contributed by atoms with Gasteiger partial charge in [-0.05, 0) is 0 Å². The maximum Gasteiger partial charge on any atom is 0.258 e. The van der Waals surface area contributed by atoms with E-state index in [0.29, 0.717) is 11.3 Å². The molecule has 1 amide bonds. The van der Waals surface area contributed by atoms with Crippen LogP contribution in [0, 0.1) is 0 Å². The molecule has 1 aliphatic rings. The van der Waals surface area contributed by atoms with E-state index in [4.69, 9.17) is 10.5 Å². The van der Waals surface area contributed by atoms with Gasteiger partial charge < -0.3 is 10.5 Å². The summed E-state index contributed by atoms with van der Waals surface area (Å²) in [6.45, 7) is 0.861. The molecule has 0 radical (unpaired) electrons. The number of nitrogens with zero attached hydrogens (tertiary/aromatic N) is 1. The number of nitrogens with two attached hydrogens (primary N) is 1. The van der Waals surface area contributed by atoms with Crippen molar-refractivity contribution >= 4 is 12.1 Å². The second-order valence-corrected chi connectivity index (χ2v) is 2.76. The van der Waals surface area contributed by atoms with Crippen LogP contribution in [-0.4, -0.2) is 37.4 Å². The highest BCUT2D eigenvalue weighted by molar-refractivity contribution is 6.10. The Balaban J connectivity index is 3.00. The normalized spacial score (nSPS) is 17.3. The molecule has 1 heterocycles. The van der Waals surface area contributed by atoms with Gasteiger partial charge in [0.25, 0.3) is 5.91 Å². The predicted octanol–water partition coefficient (Wildman–Crippen LogP) is -0.511. The Morgan fingerprint density at radius 2 is 2.42 bits per heavy atom.